The minimum Gasteiger partial charge on any atom is -0.408 e. The molecule has 0 aliphatic carbocycles. The molecule has 0 aliphatic rings. The Morgan fingerprint density at radius 1 is 1.25 bits per heavy atom. The van der Waals surface area contributed by atoms with Crippen LogP contribution in [0.25, 0.3) is 11.1 Å². The van der Waals surface area contributed by atoms with Gasteiger partial charge in [0.25, 0.3) is 0 Å². The van der Waals surface area contributed by atoms with E-state index in [4.69, 9.17) is 16.0 Å². The number of aromatic amines is 1. The highest BCUT2D eigenvalue weighted by molar-refractivity contribution is 6.31. The number of aromatic nitrogens is 1. The van der Waals surface area contributed by atoms with Crippen molar-refractivity contribution in [3.63, 3.8) is 0 Å². The summed E-state index contributed by atoms with van der Waals surface area (Å²) in [6.07, 6.45) is 0. The maximum absolute atomic E-state index is 11.1. The molecule has 2 aromatic carbocycles. The highest BCUT2D eigenvalue weighted by atomic mass is 35.5. The van der Waals surface area contributed by atoms with Crippen molar-refractivity contribution in [2.24, 2.45) is 0 Å². The molecule has 1 atom stereocenters. The second kappa shape index (κ2) is 5.06. The molecule has 3 aromatic rings. The fourth-order valence-electron chi connectivity index (χ4n) is 2.20. The molecule has 20 heavy (non-hydrogen) atoms. The molecule has 3 rings (SSSR count). The monoisotopic (exact) mass is 288 g/mol. The first-order chi connectivity index (χ1) is 9.63. The van der Waals surface area contributed by atoms with Gasteiger partial charge in [0.1, 0.15) is 0 Å². The highest BCUT2D eigenvalue weighted by Crippen LogP contribution is 2.26. The first-order valence-corrected chi connectivity index (χ1v) is 6.65. The molecule has 1 heterocycles. The number of hydrogen-bond donors (Lipinski definition) is 2. The van der Waals surface area contributed by atoms with Crippen LogP contribution in [0.2, 0.25) is 5.02 Å². The van der Waals surface area contributed by atoms with Crippen LogP contribution in [0.4, 0.5) is 5.69 Å². The van der Waals surface area contributed by atoms with Crippen LogP contribution in [-0.2, 0) is 0 Å². The zero-order chi connectivity index (χ0) is 14.1. The summed E-state index contributed by atoms with van der Waals surface area (Å²) in [4.78, 5) is 13.8. The standard InChI is InChI=1S/C15H13ClN2O2/c1-9(11-4-2-3-5-12(11)16)17-10-6-7-14-13(8-10)18-15(19)20-14/h2-9,17H,1H3,(H,18,19). The van der Waals surface area contributed by atoms with Crippen LogP contribution in [0.15, 0.2) is 51.7 Å². The maximum atomic E-state index is 11.1. The maximum Gasteiger partial charge on any atom is 0.417 e. The van der Waals surface area contributed by atoms with Crippen molar-refractivity contribution in [3.8, 4) is 0 Å². The average molecular weight is 289 g/mol. The molecule has 102 valence electrons. The van der Waals surface area contributed by atoms with Crippen molar-refractivity contribution in [1.29, 1.82) is 0 Å². The van der Waals surface area contributed by atoms with E-state index in [1.807, 2.05) is 43.3 Å². The van der Waals surface area contributed by atoms with Gasteiger partial charge in [-0.2, -0.15) is 0 Å². The summed E-state index contributed by atoms with van der Waals surface area (Å²) < 4.78 is 4.97. The van der Waals surface area contributed by atoms with Gasteiger partial charge in [0.05, 0.1) is 5.52 Å². The Balaban J connectivity index is 1.89. The summed E-state index contributed by atoms with van der Waals surface area (Å²) in [5, 5.41) is 4.08. The molecule has 1 aromatic heterocycles. The molecular formula is C15H13ClN2O2. The lowest BCUT2D eigenvalue weighted by atomic mass is 10.1. The predicted octanol–water partition coefficient (Wildman–Crippen LogP) is 3.95. The van der Waals surface area contributed by atoms with Gasteiger partial charge in [0, 0.05) is 16.8 Å². The zero-order valence-corrected chi connectivity index (χ0v) is 11.6. The summed E-state index contributed by atoms with van der Waals surface area (Å²) in [7, 11) is 0. The van der Waals surface area contributed by atoms with Crippen LogP contribution in [0.5, 0.6) is 0 Å². The molecule has 0 radical (unpaired) electrons. The molecule has 0 aliphatic heterocycles. The van der Waals surface area contributed by atoms with E-state index in [9.17, 15) is 4.79 Å². The lowest BCUT2D eigenvalue weighted by molar-refractivity contribution is 0.555. The van der Waals surface area contributed by atoms with E-state index in [1.165, 1.54) is 0 Å². The van der Waals surface area contributed by atoms with Gasteiger partial charge in [0.2, 0.25) is 0 Å². The highest BCUT2D eigenvalue weighted by Gasteiger charge is 2.09. The van der Waals surface area contributed by atoms with E-state index in [0.29, 0.717) is 11.1 Å². The third-order valence-corrected chi connectivity index (χ3v) is 3.52. The number of anilines is 1. The Kier molecular flexibility index (Phi) is 3.24. The van der Waals surface area contributed by atoms with Crippen LogP contribution < -0.4 is 11.1 Å². The van der Waals surface area contributed by atoms with Crippen LogP contribution in [0.1, 0.15) is 18.5 Å². The molecule has 0 bridgehead atoms. The summed E-state index contributed by atoms with van der Waals surface area (Å²) in [5.74, 6) is -0.448. The van der Waals surface area contributed by atoms with E-state index in [1.54, 1.807) is 6.07 Å². The first kappa shape index (κ1) is 12.8. The molecule has 2 N–H and O–H groups in total. The Morgan fingerprint density at radius 3 is 2.85 bits per heavy atom. The third kappa shape index (κ3) is 2.42. The predicted molar refractivity (Wildman–Crippen MR) is 80.3 cm³/mol. The van der Waals surface area contributed by atoms with Crippen LogP contribution in [-0.4, -0.2) is 4.98 Å². The lowest BCUT2D eigenvalue weighted by Gasteiger charge is -2.16. The van der Waals surface area contributed by atoms with Crippen molar-refractivity contribution in [2.75, 3.05) is 5.32 Å². The molecular weight excluding hydrogens is 276 g/mol. The number of benzene rings is 2. The van der Waals surface area contributed by atoms with E-state index in [2.05, 4.69) is 10.3 Å². The Bertz CT molecular complexity index is 807. The van der Waals surface area contributed by atoms with Crippen molar-refractivity contribution < 1.29 is 4.42 Å². The summed E-state index contributed by atoms with van der Waals surface area (Å²) in [6, 6.07) is 13.2. The van der Waals surface area contributed by atoms with E-state index in [-0.39, 0.29) is 6.04 Å². The summed E-state index contributed by atoms with van der Waals surface area (Å²) in [6.45, 7) is 2.03. The minimum absolute atomic E-state index is 0.0553. The number of fused-ring (bicyclic) bond motifs is 1. The third-order valence-electron chi connectivity index (χ3n) is 3.17. The SMILES string of the molecule is CC(Nc1ccc2oc(=O)[nH]c2c1)c1ccccc1Cl. The fraction of sp³-hybridized carbons (Fsp3) is 0.133. The number of nitrogens with one attached hydrogen (secondary N) is 2. The van der Waals surface area contributed by atoms with E-state index < -0.39 is 5.76 Å². The molecule has 0 saturated carbocycles. The van der Waals surface area contributed by atoms with Crippen molar-refractivity contribution in [1.82, 2.24) is 4.98 Å². The fourth-order valence-corrected chi connectivity index (χ4v) is 2.50. The van der Waals surface area contributed by atoms with Crippen molar-refractivity contribution in [3.05, 3.63) is 63.6 Å². The normalized spacial score (nSPS) is 12.5. The van der Waals surface area contributed by atoms with Crippen molar-refractivity contribution >= 4 is 28.4 Å². The van der Waals surface area contributed by atoms with Gasteiger partial charge in [-0.05, 0) is 36.8 Å². The summed E-state index contributed by atoms with van der Waals surface area (Å²) in [5.41, 5.74) is 3.13. The molecule has 5 heteroatoms. The lowest BCUT2D eigenvalue weighted by Crippen LogP contribution is -2.07. The minimum atomic E-state index is -0.448. The number of H-pyrrole nitrogens is 1. The smallest absolute Gasteiger partial charge is 0.408 e. The second-order valence-corrected chi connectivity index (χ2v) is 5.02. The quantitative estimate of drug-likeness (QED) is 0.767. The van der Waals surface area contributed by atoms with E-state index >= 15 is 0 Å². The molecule has 0 saturated heterocycles. The van der Waals surface area contributed by atoms with Gasteiger partial charge in [-0.15, -0.1) is 0 Å². The number of oxazole rings is 1. The topological polar surface area (TPSA) is 58.0 Å². The number of hydrogen-bond acceptors (Lipinski definition) is 3. The Labute approximate surface area is 120 Å². The van der Waals surface area contributed by atoms with Gasteiger partial charge in [0.15, 0.2) is 5.58 Å². The Morgan fingerprint density at radius 2 is 2.05 bits per heavy atom. The molecule has 4 nitrogen and oxygen atoms in total. The van der Waals surface area contributed by atoms with Gasteiger partial charge in [-0.3, -0.25) is 4.98 Å². The number of halogens is 1. The van der Waals surface area contributed by atoms with E-state index in [0.717, 1.165) is 16.3 Å². The summed E-state index contributed by atoms with van der Waals surface area (Å²) >= 11 is 6.18. The molecule has 0 fully saturated rings. The number of rotatable bonds is 3. The van der Waals surface area contributed by atoms with Gasteiger partial charge in [-0.25, -0.2) is 4.79 Å². The molecule has 1 unspecified atom stereocenters. The van der Waals surface area contributed by atoms with Gasteiger partial charge in [-0.1, -0.05) is 29.8 Å². The zero-order valence-electron chi connectivity index (χ0n) is 10.8. The molecule has 0 amide bonds. The van der Waals surface area contributed by atoms with Gasteiger partial charge >= 0.3 is 5.76 Å². The van der Waals surface area contributed by atoms with Gasteiger partial charge < -0.3 is 9.73 Å². The average Bonchev–Trinajstić information content (AvgIpc) is 2.78. The van der Waals surface area contributed by atoms with Crippen LogP contribution in [0, 0.1) is 0 Å². The van der Waals surface area contributed by atoms with Crippen LogP contribution in [0.3, 0.4) is 0 Å². The first-order valence-electron chi connectivity index (χ1n) is 6.27. The van der Waals surface area contributed by atoms with Crippen molar-refractivity contribution in [2.45, 2.75) is 13.0 Å². The second-order valence-electron chi connectivity index (χ2n) is 4.61. The van der Waals surface area contributed by atoms with Crippen LogP contribution >= 0.6 is 11.6 Å². The molecule has 0 spiro atoms. The largest absolute Gasteiger partial charge is 0.417 e. The Hall–Kier alpha value is -2.20.